The predicted molar refractivity (Wildman–Crippen MR) is 47.3 cm³/mol. The van der Waals surface area contributed by atoms with Gasteiger partial charge in [-0.25, -0.2) is 0 Å². The van der Waals surface area contributed by atoms with Gasteiger partial charge < -0.3 is 5.11 Å². The first-order chi connectivity index (χ1) is 5.11. The first-order valence-electron chi connectivity index (χ1n) is 4.79. The zero-order chi connectivity index (χ0) is 8.43. The summed E-state index contributed by atoms with van der Waals surface area (Å²) in [6, 6.07) is 0. The summed E-state index contributed by atoms with van der Waals surface area (Å²) in [5.41, 5.74) is 0. The van der Waals surface area contributed by atoms with Crippen LogP contribution in [0.25, 0.3) is 0 Å². The van der Waals surface area contributed by atoms with Crippen molar-refractivity contribution < 1.29 is 5.11 Å². The highest BCUT2D eigenvalue weighted by molar-refractivity contribution is 4.78. The molecule has 0 aromatic heterocycles. The Labute approximate surface area is 69.8 Å². The molecule has 0 bridgehead atoms. The molecule has 1 fully saturated rings. The Balaban J connectivity index is 2.44. The second-order valence-electron chi connectivity index (χ2n) is 4.35. The number of hydrogen-bond donors (Lipinski definition) is 1. The van der Waals surface area contributed by atoms with E-state index in [4.69, 9.17) is 0 Å². The average Bonchev–Trinajstić information content (AvgIpc) is 1.85. The summed E-state index contributed by atoms with van der Waals surface area (Å²) in [4.78, 5) is 0. The minimum Gasteiger partial charge on any atom is -0.393 e. The second-order valence-corrected chi connectivity index (χ2v) is 4.35. The quantitative estimate of drug-likeness (QED) is 0.618. The van der Waals surface area contributed by atoms with Gasteiger partial charge in [-0.15, -0.1) is 0 Å². The normalized spacial score (nSPS) is 39.5. The highest BCUT2D eigenvalue weighted by Gasteiger charge is 2.27. The zero-order valence-electron chi connectivity index (χ0n) is 7.88. The minimum atomic E-state index is -0.0139. The van der Waals surface area contributed by atoms with E-state index in [-0.39, 0.29) is 6.10 Å². The van der Waals surface area contributed by atoms with Crippen molar-refractivity contribution in [2.75, 3.05) is 0 Å². The summed E-state index contributed by atoms with van der Waals surface area (Å²) in [7, 11) is 0. The Hall–Kier alpha value is -0.0400. The van der Waals surface area contributed by atoms with Crippen LogP contribution in [0.1, 0.15) is 40.0 Å². The lowest BCUT2D eigenvalue weighted by Gasteiger charge is -2.34. The molecule has 0 aromatic carbocycles. The third-order valence-electron chi connectivity index (χ3n) is 3.06. The van der Waals surface area contributed by atoms with Gasteiger partial charge in [0.2, 0.25) is 0 Å². The van der Waals surface area contributed by atoms with Crippen LogP contribution in [0.4, 0.5) is 0 Å². The molecule has 1 N–H and O–H groups in total. The van der Waals surface area contributed by atoms with Gasteiger partial charge in [-0.1, -0.05) is 20.8 Å². The highest BCUT2D eigenvalue weighted by Crippen LogP contribution is 2.34. The van der Waals surface area contributed by atoms with Crippen LogP contribution in [-0.2, 0) is 0 Å². The van der Waals surface area contributed by atoms with Crippen molar-refractivity contribution in [1.29, 1.82) is 0 Å². The van der Waals surface area contributed by atoms with E-state index in [9.17, 15) is 5.11 Å². The summed E-state index contributed by atoms with van der Waals surface area (Å²) in [6.07, 6.45) is 3.25. The Bertz CT molecular complexity index is 120. The van der Waals surface area contributed by atoms with Crippen LogP contribution >= 0.6 is 0 Å². The van der Waals surface area contributed by atoms with Crippen LogP contribution in [0, 0.1) is 17.8 Å². The molecule has 0 radical (unpaired) electrons. The van der Waals surface area contributed by atoms with Crippen molar-refractivity contribution in [3.8, 4) is 0 Å². The lowest BCUT2D eigenvalue weighted by atomic mass is 9.73. The maximum Gasteiger partial charge on any atom is 0.0543 e. The van der Waals surface area contributed by atoms with E-state index in [2.05, 4.69) is 20.8 Å². The second kappa shape index (κ2) is 3.57. The molecule has 1 rings (SSSR count). The molecule has 0 spiro atoms. The summed E-state index contributed by atoms with van der Waals surface area (Å²) in [5, 5.41) is 9.38. The van der Waals surface area contributed by atoms with Gasteiger partial charge in [-0.05, 0) is 37.0 Å². The Morgan fingerprint density at radius 1 is 1.27 bits per heavy atom. The van der Waals surface area contributed by atoms with Crippen LogP contribution in [0.2, 0.25) is 0 Å². The maximum atomic E-state index is 9.38. The van der Waals surface area contributed by atoms with Crippen LogP contribution in [0.15, 0.2) is 0 Å². The number of hydrogen-bond acceptors (Lipinski definition) is 1. The van der Waals surface area contributed by atoms with E-state index in [1.54, 1.807) is 0 Å². The van der Waals surface area contributed by atoms with Gasteiger partial charge in [0.05, 0.1) is 6.10 Å². The van der Waals surface area contributed by atoms with Crippen molar-refractivity contribution in [3.05, 3.63) is 0 Å². The van der Waals surface area contributed by atoms with Crippen molar-refractivity contribution in [1.82, 2.24) is 0 Å². The Morgan fingerprint density at radius 2 is 1.91 bits per heavy atom. The van der Waals surface area contributed by atoms with Gasteiger partial charge in [0.25, 0.3) is 0 Å². The van der Waals surface area contributed by atoms with Gasteiger partial charge in [0.15, 0.2) is 0 Å². The van der Waals surface area contributed by atoms with E-state index in [1.807, 2.05) is 0 Å². The molecule has 0 unspecified atom stereocenters. The van der Waals surface area contributed by atoms with Crippen molar-refractivity contribution in [2.24, 2.45) is 17.8 Å². The molecule has 0 amide bonds. The van der Waals surface area contributed by atoms with Crippen LogP contribution < -0.4 is 0 Å². The Kier molecular flexibility index (Phi) is 2.94. The molecule has 3 atom stereocenters. The van der Waals surface area contributed by atoms with Crippen molar-refractivity contribution in [2.45, 2.75) is 46.1 Å². The molecule has 66 valence electrons. The molecule has 11 heavy (non-hydrogen) atoms. The fourth-order valence-corrected chi connectivity index (χ4v) is 2.38. The summed E-state index contributed by atoms with van der Waals surface area (Å²) in [5.74, 6) is 2.36. The Morgan fingerprint density at radius 3 is 2.36 bits per heavy atom. The van der Waals surface area contributed by atoms with Crippen molar-refractivity contribution in [3.63, 3.8) is 0 Å². The van der Waals surface area contributed by atoms with Crippen LogP contribution in [0.5, 0.6) is 0 Å². The molecule has 0 saturated heterocycles. The number of rotatable bonds is 1. The van der Waals surface area contributed by atoms with Gasteiger partial charge in [-0.3, -0.25) is 0 Å². The van der Waals surface area contributed by atoms with Gasteiger partial charge >= 0.3 is 0 Å². The minimum absolute atomic E-state index is 0.0139. The van der Waals surface area contributed by atoms with E-state index >= 15 is 0 Å². The van der Waals surface area contributed by atoms with Gasteiger partial charge in [0.1, 0.15) is 0 Å². The fraction of sp³-hybridized carbons (Fsp3) is 1.00. The van der Waals surface area contributed by atoms with Gasteiger partial charge in [-0.2, -0.15) is 0 Å². The lowest BCUT2D eigenvalue weighted by Crippen LogP contribution is -2.28. The molecule has 1 nitrogen and oxygen atoms in total. The first-order valence-corrected chi connectivity index (χ1v) is 4.79. The van der Waals surface area contributed by atoms with E-state index in [1.165, 1.54) is 6.42 Å². The predicted octanol–water partition coefficient (Wildman–Crippen LogP) is 2.44. The first kappa shape index (κ1) is 9.05. The topological polar surface area (TPSA) is 20.2 Å². The van der Waals surface area contributed by atoms with Crippen molar-refractivity contribution >= 4 is 0 Å². The molecule has 0 aromatic rings. The van der Waals surface area contributed by atoms with E-state index in [0.29, 0.717) is 0 Å². The third kappa shape index (κ3) is 2.19. The van der Waals surface area contributed by atoms with Gasteiger partial charge in [0, 0.05) is 0 Å². The molecular weight excluding hydrogens is 136 g/mol. The summed E-state index contributed by atoms with van der Waals surface area (Å²) < 4.78 is 0. The SMILES string of the molecule is CC(C)[C@H]1CC[C@@H](O)C[C@@H]1C. The lowest BCUT2D eigenvalue weighted by molar-refractivity contribution is 0.0595. The molecule has 1 aliphatic carbocycles. The van der Waals surface area contributed by atoms with Crippen LogP contribution in [0.3, 0.4) is 0 Å². The molecule has 0 aliphatic heterocycles. The molecule has 0 heterocycles. The number of aliphatic hydroxyl groups is 1. The van der Waals surface area contributed by atoms with E-state index < -0.39 is 0 Å². The fourth-order valence-electron chi connectivity index (χ4n) is 2.38. The van der Waals surface area contributed by atoms with E-state index in [0.717, 1.165) is 30.6 Å². The number of aliphatic hydroxyl groups excluding tert-OH is 1. The highest BCUT2D eigenvalue weighted by atomic mass is 16.3. The zero-order valence-corrected chi connectivity index (χ0v) is 7.88. The third-order valence-corrected chi connectivity index (χ3v) is 3.06. The molecule has 1 saturated carbocycles. The summed E-state index contributed by atoms with van der Waals surface area (Å²) in [6.45, 7) is 6.85. The smallest absolute Gasteiger partial charge is 0.0543 e. The summed E-state index contributed by atoms with van der Waals surface area (Å²) >= 11 is 0. The standard InChI is InChI=1S/C10H20O/c1-7(2)10-5-4-9(11)6-8(10)3/h7-11H,4-6H2,1-3H3/t8-,9+,10+/m0/s1. The molecule has 1 heteroatoms. The maximum absolute atomic E-state index is 9.38. The van der Waals surface area contributed by atoms with Crippen LogP contribution in [-0.4, -0.2) is 11.2 Å². The largest absolute Gasteiger partial charge is 0.393 e. The molecular formula is C10H20O. The molecule has 1 aliphatic rings. The monoisotopic (exact) mass is 156 g/mol. The average molecular weight is 156 g/mol.